The number of carbonyl (C=O) groups excluding carboxylic acids is 1. The highest BCUT2D eigenvalue weighted by Crippen LogP contribution is 2.45. The Labute approximate surface area is 87.8 Å². The van der Waals surface area contributed by atoms with E-state index in [4.69, 9.17) is 15.3 Å². The topological polar surface area (TPSA) is 77.1 Å². The van der Waals surface area contributed by atoms with E-state index >= 15 is 0 Å². The molecule has 2 aliphatic rings. The summed E-state index contributed by atoms with van der Waals surface area (Å²) in [7, 11) is 0. The lowest BCUT2D eigenvalue weighted by Gasteiger charge is -2.29. The third kappa shape index (κ3) is 1.07. The van der Waals surface area contributed by atoms with Crippen LogP contribution in [0.15, 0.2) is 0 Å². The van der Waals surface area contributed by atoms with Gasteiger partial charge >= 0.3 is 0 Å². The van der Waals surface area contributed by atoms with Gasteiger partial charge in [-0.2, -0.15) is 10.5 Å². The maximum atomic E-state index is 11.7. The van der Waals surface area contributed by atoms with Crippen LogP contribution >= 0.6 is 0 Å². The van der Waals surface area contributed by atoms with E-state index < -0.39 is 17.2 Å². The van der Waals surface area contributed by atoms with Crippen LogP contribution in [-0.2, 0) is 9.53 Å². The first kappa shape index (κ1) is 9.95. The van der Waals surface area contributed by atoms with Crippen LogP contribution in [-0.4, -0.2) is 29.2 Å². The first-order chi connectivity index (χ1) is 6.97. The summed E-state index contributed by atoms with van der Waals surface area (Å²) in [5, 5.41) is 18.0. The van der Waals surface area contributed by atoms with Crippen molar-refractivity contribution in [2.45, 2.75) is 32.0 Å². The van der Waals surface area contributed by atoms with Crippen LogP contribution in [0.25, 0.3) is 0 Å². The highest BCUT2D eigenvalue weighted by atomic mass is 16.5. The van der Waals surface area contributed by atoms with Crippen molar-refractivity contribution in [3.8, 4) is 12.1 Å². The van der Waals surface area contributed by atoms with E-state index in [-0.39, 0.29) is 12.3 Å². The molecule has 0 saturated carbocycles. The summed E-state index contributed by atoms with van der Waals surface area (Å²) in [5.74, 6) is -0.175. The first-order valence-corrected chi connectivity index (χ1v) is 4.73. The van der Waals surface area contributed by atoms with Crippen LogP contribution in [0.1, 0.15) is 20.3 Å². The Morgan fingerprint density at radius 3 is 2.60 bits per heavy atom. The molecule has 1 unspecified atom stereocenters. The average Bonchev–Trinajstić information content (AvgIpc) is 2.65. The van der Waals surface area contributed by atoms with Crippen molar-refractivity contribution in [3.05, 3.63) is 0 Å². The summed E-state index contributed by atoms with van der Waals surface area (Å²) >= 11 is 0. The van der Waals surface area contributed by atoms with Crippen LogP contribution in [0.2, 0.25) is 0 Å². The highest BCUT2D eigenvalue weighted by Gasteiger charge is 2.61. The number of amides is 1. The molecule has 2 saturated heterocycles. The fraction of sp³-hybridized carbons (Fsp3) is 0.700. The van der Waals surface area contributed by atoms with Crippen molar-refractivity contribution in [1.29, 1.82) is 10.5 Å². The van der Waals surface area contributed by atoms with Crippen molar-refractivity contribution in [2.24, 2.45) is 5.41 Å². The van der Waals surface area contributed by atoms with E-state index in [2.05, 4.69) is 0 Å². The Morgan fingerprint density at radius 2 is 2.07 bits per heavy atom. The Morgan fingerprint density at radius 1 is 1.47 bits per heavy atom. The second-order valence-electron chi connectivity index (χ2n) is 4.61. The fourth-order valence-electron chi connectivity index (χ4n) is 2.20. The number of rotatable bonds is 0. The van der Waals surface area contributed by atoms with Crippen LogP contribution in [0, 0.1) is 28.1 Å². The van der Waals surface area contributed by atoms with E-state index in [1.54, 1.807) is 0 Å². The molecule has 0 aromatic heterocycles. The number of carbonyl (C=O) groups is 1. The number of hydrogen-bond acceptors (Lipinski definition) is 4. The van der Waals surface area contributed by atoms with Crippen LogP contribution in [0.3, 0.4) is 0 Å². The Bertz CT molecular complexity index is 388. The molecule has 2 fully saturated rings. The minimum Gasteiger partial charge on any atom is -0.353 e. The summed E-state index contributed by atoms with van der Waals surface area (Å²) in [4.78, 5) is 13.3. The largest absolute Gasteiger partial charge is 0.353 e. The normalized spacial score (nSPS) is 30.8. The molecular weight excluding hydrogens is 194 g/mol. The predicted molar refractivity (Wildman–Crippen MR) is 48.9 cm³/mol. The molecular formula is C10H11N3O2. The molecule has 0 spiro atoms. The molecule has 1 atom stereocenters. The number of nitriles is 2. The second-order valence-corrected chi connectivity index (χ2v) is 4.61. The van der Waals surface area contributed by atoms with Crippen molar-refractivity contribution >= 4 is 5.91 Å². The second kappa shape index (κ2) is 2.71. The standard InChI is InChI=1S/C10H11N3O2/c1-9(2)6-15-8-10(4-11,5-12)3-7(14)13(8)9/h8H,3,6H2,1-2H3. The quantitative estimate of drug-likeness (QED) is 0.573. The van der Waals surface area contributed by atoms with Crippen molar-refractivity contribution < 1.29 is 9.53 Å². The smallest absolute Gasteiger partial charge is 0.228 e. The minimum atomic E-state index is -1.33. The molecule has 78 valence electrons. The average molecular weight is 205 g/mol. The van der Waals surface area contributed by atoms with Gasteiger partial charge in [0.15, 0.2) is 11.6 Å². The molecule has 5 nitrogen and oxygen atoms in total. The van der Waals surface area contributed by atoms with Crippen LogP contribution in [0.4, 0.5) is 0 Å². The Balaban J connectivity index is 2.46. The summed E-state index contributed by atoms with van der Waals surface area (Å²) < 4.78 is 5.42. The van der Waals surface area contributed by atoms with E-state index in [9.17, 15) is 4.79 Å². The molecule has 0 aliphatic carbocycles. The van der Waals surface area contributed by atoms with Gasteiger partial charge in [0.2, 0.25) is 5.91 Å². The molecule has 2 heterocycles. The summed E-state index contributed by atoms with van der Waals surface area (Å²) in [6.45, 7) is 4.11. The maximum Gasteiger partial charge on any atom is 0.228 e. The SMILES string of the molecule is CC1(C)COC2N1C(=O)CC2(C#N)C#N. The Hall–Kier alpha value is -1.59. The van der Waals surface area contributed by atoms with Crippen LogP contribution < -0.4 is 0 Å². The van der Waals surface area contributed by atoms with Crippen LogP contribution in [0.5, 0.6) is 0 Å². The molecule has 0 aromatic carbocycles. The lowest BCUT2D eigenvalue weighted by atomic mass is 9.89. The minimum absolute atomic E-state index is 0.0614. The molecule has 0 aromatic rings. The number of nitrogens with zero attached hydrogens (tertiary/aromatic N) is 3. The number of ether oxygens (including phenoxy) is 1. The molecule has 0 N–H and O–H groups in total. The van der Waals surface area contributed by atoms with Crippen molar-refractivity contribution in [3.63, 3.8) is 0 Å². The van der Waals surface area contributed by atoms with Gasteiger partial charge in [-0.15, -0.1) is 0 Å². The monoisotopic (exact) mass is 205 g/mol. The van der Waals surface area contributed by atoms with Gasteiger partial charge in [0.1, 0.15) is 0 Å². The third-order valence-corrected chi connectivity index (χ3v) is 3.00. The summed E-state index contributed by atoms with van der Waals surface area (Å²) in [6.07, 6.45) is -0.760. The maximum absolute atomic E-state index is 11.7. The van der Waals surface area contributed by atoms with E-state index in [0.717, 1.165) is 0 Å². The van der Waals surface area contributed by atoms with E-state index in [0.29, 0.717) is 6.61 Å². The highest BCUT2D eigenvalue weighted by molar-refractivity contribution is 5.82. The fourth-order valence-corrected chi connectivity index (χ4v) is 2.20. The van der Waals surface area contributed by atoms with Gasteiger partial charge in [0.25, 0.3) is 0 Å². The summed E-state index contributed by atoms with van der Waals surface area (Å²) in [6, 6.07) is 3.84. The zero-order valence-corrected chi connectivity index (χ0v) is 8.65. The number of fused-ring (bicyclic) bond motifs is 1. The van der Waals surface area contributed by atoms with Gasteiger partial charge in [-0.25, -0.2) is 0 Å². The molecule has 0 radical (unpaired) electrons. The molecule has 2 rings (SSSR count). The lowest BCUT2D eigenvalue weighted by molar-refractivity contribution is -0.133. The van der Waals surface area contributed by atoms with Gasteiger partial charge < -0.3 is 9.64 Å². The molecule has 1 amide bonds. The Kier molecular flexibility index (Phi) is 1.80. The van der Waals surface area contributed by atoms with Crippen molar-refractivity contribution in [2.75, 3.05) is 6.61 Å². The lowest BCUT2D eigenvalue weighted by Crippen LogP contribution is -2.45. The van der Waals surface area contributed by atoms with Gasteiger partial charge in [-0.3, -0.25) is 4.79 Å². The van der Waals surface area contributed by atoms with Crippen molar-refractivity contribution in [1.82, 2.24) is 4.90 Å². The molecule has 2 aliphatic heterocycles. The molecule has 5 heteroatoms. The van der Waals surface area contributed by atoms with Gasteiger partial charge in [0.05, 0.1) is 30.7 Å². The van der Waals surface area contributed by atoms with E-state index in [1.165, 1.54) is 4.90 Å². The third-order valence-electron chi connectivity index (χ3n) is 3.00. The zero-order valence-electron chi connectivity index (χ0n) is 8.65. The number of hydrogen-bond donors (Lipinski definition) is 0. The molecule has 0 bridgehead atoms. The van der Waals surface area contributed by atoms with E-state index in [1.807, 2.05) is 26.0 Å². The van der Waals surface area contributed by atoms with Gasteiger partial charge in [-0.05, 0) is 13.8 Å². The summed E-state index contributed by atoms with van der Waals surface area (Å²) in [5.41, 5.74) is -1.75. The predicted octanol–water partition coefficient (Wildman–Crippen LogP) is 0.387. The first-order valence-electron chi connectivity index (χ1n) is 4.73. The van der Waals surface area contributed by atoms with Gasteiger partial charge in [-0.1, -0.05) is 0 Å². The molecule has 15 heavy (non-hydrogen) atoms. The zero-order chi connectivity index (χ0) is 11.3. The van der Waals surface area contributed by atoms with Gasteiger partial charge in [0, 0.05) is 0 Å².